The van der Waals surface area contributed by atoms with Crippen molar-refractivity contribution in [3.05, 3.63) is 28.0 Å². The maximum absolute atomic E-state index is 11.8. The van der Waals surface area contributed by atoms with Crippen molar-refractivity contribution in [1.82, 2.24) is 4.98 Å². The first-order chi connectivity index (χ1) is 7.60. The monoisotopic (exact) mass is 259 g/mol. The fourth-order valence-corrected chi connectivity index (χ4v) is 2.26. The van der Waals surface area contributed by atoms with Gasteiger partial charge in [0, 0.05) is 6.20 Å². The number of nitrogens with zero attached hydrogens (tertiary/aromatic N) is 1. The maximum Gasteiger partial charge on any atom is 0.318 e. The zero-order chi connectivity index (χ0) is 11.8. The number of carbonyl (C=O) groups excluding carboxylic acids is 1. The van der Waals surface area contributed by atoms with Gasteiger partial charge in [-0.15, -0.1) is 0 Å². The predicted molar refractivity (Wildman–Crippen MR) is 61.8 cm³/mol. The SMILES string of the molecule is CCOC(=O)C1(c2ncc(Cl)cc2Cl)CC1. The van der Waals surface area contributed by atoms with Crippen LogP contribution in [0.5, 0.6) is 0 Å². The Morgan fingerprint density at radius 1 is 1.56 bits per heavy atom. The van der Waals surface area contributed by atoms with Gasteiger partial charge in [-0.05, 0) is 25.8 Å². The molecule has 1 heterocycles. The minimum Gasteiger partial charge on any atom is -0.465 e. The molecule has 0 aliphatic heterocycles. The van der Waals surface area contributed by atoms with Gasteiger partial charge in [-0.1, -0.05) is 23.2 Å². The molecule has 0 aromatic carbocycles. The van der Waals surface area contributed by atoms with Crippen LogP contribution in [-0.2, 0) is 14.9 Å². The molecule has 0 bridgehead atoms. The van der Waals surface area contributed by atoms with Crippen LogP contribution in [0, 0.1) is 0 Å². The van der Waals surface area contributed by atoms with Crippen LogP contribution in [0.3, 0.4) is 0 Å². The van der Waals surface area contributed by atoms with E-state index in [1.807, 2.05) is 0 Å². The van der Waals surface area contributed by atoms with Gasteiger partial charge in [-0.25, -0.2) is 0 Å². The Kier molecular flexibility index (Phi) is 3.08. The summed E-state index contributed by atoms with van der Waals surface area (Å²) in [6, 6.07) is 1.60. The molecule has 1 aliphatic carbocycles. The van der Waals surface area contributed by atoms with Gasteiger partial charge in [0.15, 0.2) is 0 Å². The second-order valence-electron chi connectivity index (χ2n) is 3.79. The van der Waals surface area contributed by atoms with E-state index in [-0.39, 0.29) is 5.97 Å². The first kappa shape index (κ1) is 11.7. The van der Waals surface area contributed by atoms with Gasteiger partial charge in [-0.2, -0.15) is 0 Å². The lowest BCUT2D eigenvalue weighted by molar-refractivity contribution is -0.146. The van der Waals surface area contributed by atoms with Crippen molar-refractivity contribution in [3.8, 4) is 0 Å². The van der Waals surface area contributed by atoms with Crippen LogP contribution in [0.15, 0.2) is 12.3 Å². The predicted octanol–water partition coefficient (Wildman–Crippen LogP) is 2.98. The van der Waals surface area contributed by atoms with Crippen LogP contribution in [0.25, 0.3) is 0 Å². The van der Waals surface area contributed by atoms with Gasteiger partial charge in [0.2, 0.25) is 0 Å². The van der Waals surface area contributed by atoms with E-state index in [0.29, 0.717) is 22.3 Å². The first-order valence-electron chi connectivity index (χ1n) is 5.09. The van der Waals surface area contributed by atoms with E-state index in [1.165, 1.54) is 6.20 Å². The second kappa shape index (κ2) is 4.22. The molecule has 0 atom stereocenters. The van der Waals surface area contributed by atoms with Crippen molar-refractivity contribution in [2.45, 2.75) is 25.2 Å². The zero-order valence-corrected chi connectivity index (χ0v) is 10.3. The number of halogens is 2. The van der Waals surface area contributed by atoms with Crippen molar-refractivity contribution in [2.75, 3.05) is 6.61 Å². The highest BCUT2D eigenvalue weighted by atomic mass is 35.5. The molecule has 0 N–H and O–H groups in total. The number of ether oxygens (including phenoxy) is 1. The lowest BCUT2D eigenvalue weighted by atomic mass is 10.0. The number of aromatic nitrogens is 1. The molecular weight excluding hydrogens is 249 g/mol. The summed E-state index contributed by atoms with van der Waals surface area (Å²) in [7, 11) is 0. The minimum absolute atomic E-state index is 0.244. The summed E-state index contributed by atoms with van der Waals surface area (Å²) < 4.78 is 5.04. The highest BCUT2D eigenvalue weighted by Gasteiger charge is 2.55. The molecule has 0 amide bonds. The van der Waals surface area contributed by atoms with Gasteiger partial charge < -0.3 is 4.74 Å². The van der Waals surface area contributed by atoms with Crippen molar-refractivity contribution in [1.29, 1.82) is 0 Å². The van der Waals surface area contributed by atoms with Gasteiger partial charge in [0.05, 0.1) is 22.3 Å². The molecule has 1 saturated carbocycles. The van der Waals surface area contributed by atoms with E-state index in [1.54, 1.807) is 13.0 Å². The smallest absolute Gasteiger partial charge is 0.318 e. The van der Waals surface area contributed by atoms with Gasteiger partial charge in [0.25, 0.3) is 0 Å². The lowest BCUT2D eigenvalue weighted by Gasteiger charge is -2.14. The third-order valence-electron chi connectivity index (χ3n) is 2.68. The molecule has 0 radical (unpaired) electrons. The van der Waals surface area contributed by atoms with Crippen LogP contribution < -0.4 is 0 Å². The Hall–Kier alpha value is -0.800. The molecule has 3 nitrogen and oxygen atoms in total. The summed E-state index contributed by atoms with van der Waals surface area (Å²) in [5, 5.41) is 0.895. The summed E-state index contributed by atoms with van der Waals surface area (Å²) in [6.45, 7) is 2.15. The van der Waals surface area contributed by atoms with Crippen LogP contribution >= 0.6 is 23.2 Å². The standard InChI is InChI=1S/C11H11Cl2NO2/c1-2-16-10(15)11(3-4-11)9-8(13)5-7(12)6-14-9/h5-6H,2-4H2,1H3. The van der Waals surface area contributed by atoms with Gasteiger partial charge in [-0.3, -0.25) is 9.78 Å². The van der Waals surface area contributed by atoms with E-state index in [0.717, 1.165) is 12.8 Å². The Labute approximate surface area is 104 Å². The average molecular weight is 260 g/mol. The fourth-order valence-electron chi connectivity index (χ4n) is 1.70. The zero-order valence-electron chi connectivity index (χ0n) is 8.80. The Bertz CT molecular complexity index is 430. The van der Waals surface area contributed by atoms with Crippen molar-refractivity contribution >= 4 is 29.2 Å². The van der Waals surface area contributed by atoms with E-state index < -0.39 is 5.41 Å². The summed E-state index contributed by atoms with van der Waals surface area (Å²) in [5.41, 5.74) is -0.0467. The molecule has 0 spiro atoms. The van der Waals surface area contributed by atoms with Gasteiger partial charge >= 0.3 is 5.97 Å². The van der Waals surface area contributed by atoms with E-state index in [4.69, 9.17) is 27.9 Å². The molecule has 0 unspecified atom stereocenters. The van der Waals surface area contributed by atoms with Crippen molar-refractivity contribution < 1.29 is 9.53 Å². The lowest BCUT2D eigenvalue weighted by Crippen LogP contribution is -2.24. The largest absolute Gasteiger partial charge is 0.465 e. The third-order valence-corrected chi connectivity index (χ3v) is 3.17. The van der Waals surface area contributed by atoms with Crippen LogP contribution in [-0.4, -0.2) is 17.6 Å². The highest BCUT2D eigenvalue weighted by Crippen LogP contribution is 2.50. The minimum atomic E-state index is -0.627. The van der Waals surface area contributed by atoms with Crippen LogP contribution in [0.2, 0.25) is 10.0 Å². The summed E-state index contributed by atoms with van der Waals surface area (Å²) in [4.78, 5) is 16.0. The topological polar surface area (TPSA) is 39.2 Å². The van der Waals surface area contributed by atoms with E-state index >= 15 is 0 Å². The number of rotatable bonds is 3. The molecule has 16 heavy (non-hydrogen) atoms. The third kappa shape index (κ3) is 1.89. The molecule has 1 fully saturated rings. The number of carbonyl (C=O) groups is 1. The van der Waals surface area contributed by atoms with Crippen LogP contribution in [0.1, 0.15) is 25.5 Å². The molecule has 2 rings (SSSR count). The molecule has 1 aromatic rings. The second-order valence-corrected chi connectivity index (χ2v) is 4.63. The molecule has 1 aromatic heterocycles. The van der Waals surface area contributed by atoms with Gasteiger partial charge in [0.1, 0.15) is 5.41 Å². The molecular formula is C11H11Cl2NO2. The molecule has 1 aliphatic rings. The summed E-state index contributed by atoms with van der Waals surface area (Å²) in [6.07, 6.45) is 2.97. The van der Waals surface area contributed by atoms with Crippen LogP contribution in [0.4, 0.5) is 0 Å². The quantitative estimate of drug-likeness (QED) is 0.784. The molecule has 86 valence electrons. The molecule has 0 saturated heterocycles. The number of hydrogen-bond acceptors (Lipinski definition) is 3. The summed E-state index contributed by atoms with van der Waals surface area (Å²) >= 11 is 11.8. The number of hydrogen-bond donors (Lipinski definition) is 0. The number of pyridine rings is 1. The Balaban J connectivity index is 2.33. The normalized spacial score (nSPS) is 16.9. The fraction of sp³-hybridized carbons (Fsp3) is 0.455. The first-order valence-corrected chi connectivity index (χ1v) is 5.84. The Morgan fingerprint density at radius 3 is 2.75 bits per heavy atom. The average Bonchev–Trinajstić information content (AvgIpc) is 2.99. The summed E-state index contributed by atoms with van der Waals surface area (Å²) in [5.74, 6) is -0.244. The number of esters is 1. The maximum atomic E-state index is 11.8. The highest BCUT2D eigenvalue weighted by molar-refractivity contribution is 6.35. The van der Waals surface area contributed by atoms with Crippen molar-refractivity contribution in [2.24, 2.45) is 0 Å². The Morgan fingerprint density at radius 2 is 2.25 bits per heavy atom. The molecule has 5 heteroatoms. The van der Waals surface area contributed by atoms with Crippen molar-refractivity contribution in [3.63, 3.8) is 0 Å². The van der Waals surface area contributed by atoms with E-state index in [2.05, 4.69) is 4.98 Å². The van der Waals surface area contributed by atoms with E-state index in [9.17, 15) is 4.79 Å².